The second-order valence-electron chi connectivity index (χ2n) is 17.3. The maximum absolute atomic E-state index is 14.5. The Bertz CT molecular complexity index is 1180. The molecule has 0 saturated carbocycles. The van der Waals surface area contributed by atoms with Crippen LogP contribution in [0.3, 0.4) is 0 Å². The number of aliphatic hydroxyl groups excluding tert-OH is 3. The van der Waals surface area contributed by atoms with E-state index in [4.69, 9.17) is 33.2 Å². The maximum Gasteiger partial charge on any atom is 0.311 e. The number of rotatable bonds is 8. The van der Waals surface area contributed by atoms with Crippen molar-refractivity contribution in [1.29, 1.82) is 0 Å². The number of nitrogens with one attached hydrogen (secondary N) is 1. The summed E-state index contributed by atoms with van der Waals surface area (Å²) in [5.74, 6) is -2.50. The summed E-state index contributed by atoms with van der Waals surface area (Å²) in [6.45, 7) is 20.5. The highest BCUT2D eigenvalue weighted by Gasteiger charge is 2.57. The maximum atomic E-state index is 14.5. The Kier molecular flexibility index (Phi) is 15.8. The molecular formula is C39H74N2O12. The van der Waals surface area contributed by atoms with Gasteiger partial charge in [-0.25, -0.2) is 0 Å². The molecule has 0 aromatic carbocycles. The average Bonchev–Trinajstić information content (AvgIpc) is 3.10. The third-order valence-corrected chi connectivity index (χ3v) is 13.1. The Morgan fingerprint density at radius 2 is 1.55 bits per heavy atom. The fourth-order valence-electron chi connectivity index (χ4n) is 8.96. The minimum Gasteiger partial charge on any atom is -0.459 e. The Morgan fingerprint density at radius 3 is 2.09 bits per heavy atom. The van der Waals surface area contributed by atoms with E-state index in [0.29, 0.717) is 19.4 Å². The van der Waals surface area contributed by atoms with Crippen LogP contribution in [-0.4, -0.2) is 156 Å². The molecule has 3 rings (SSSR count). The van der Waals surface area contributed by atoms with Gasteiger partial charge in [-0.1, -0.05) is 20.8 Å². The first-order chi connectivity index (χ1) is 24.5. The van der Waals surface area contributed by atoms with Crippen molar-refractivity contribution in [2.24, 2.45) is 17.8 Å². The van der Waals surface area contributed by atoms with Gasteiger partial charge in [0.15, 0.2) is 12.6 Å². The van der Waals surface area contributed by atoms with Gasteiger partial charge in [0, 0.05) is 45.2 Å². The van der Waals surface area contributed by atoms with Crippen molar-refractivity contribution in [3.05, 3.63) is 0 Å². The van der Waals surface area contributed by atoms with E-state index < -0.39 is 95.5 Å². The lowest BCUT2D eigenvalue weighted by molar-refractivity contribution is -0.334. The molecule has 3 heterocycles. The highest BCUT2D eigenvalue weighted by atomic mass is 16.7. The molecule has 0 amide bonds. The first kappa shape index (κ1) is 46.4. The molecule has 0 aliphatic carbocycles. The van der Waals surface area contributed by atoms with Crippen LogP contribution in [0.25, 0.3) is 0 Å². The largest absolute Gasteiger partial charge is 0.459 e. The third kappa shape index (κ3) is 9.76. The second kappa shape index (κ2) is 18.1. The van der Waals surface area contributed by atoms with Crippen LogP contribution in [0.1, 0.15) is 102 Å². The molecule has 5 N–H and O–H groups in total. The number of carbonyl (C=O) groups excluding carboxylic acids is 1. The van der Waals surface area contributed by atoms with Gasteiger partial charge in [-0.3, -0.25) is 4.79 Å². The summed E-state index contributed by atoms with van der Waals surface area (Å²) in [5.41, 5.74) is -5.31. The van der Waals surface area contributed by atoms with Crippen molar-refractivity contribution in [3.8, 4) is 0 Å². The lowest BCUT2D eigenvalue weighted by Gasteiger charge is -2.52. The van der Waals surface area contributed by atoms with Gasteiger partial charge in [0.25, 0.3) is 0 Å². The van der Waals surface area contributed by atoms with Crippen molar-refractivity contribution in [3.63, 3.8) is 0 Å². The zero-order valence-corrected chi connectivity index (χ0v) is 35.1. The van der Waals surface area contributed by atoms with Crippen molar-refractivity contribution in [2.45, 2.75) is 192 Å². The van der Waals surface area contributed by atoms with Crippen molar-refractivity contribution < 1.29 is 58.4 Å². The number of esters is 1. The zero-order chi connectivity index (χ0) is 40.4. The fraction of sp³-hybridized carbons (Fsp3) is 0.974. The number of aliphatic hydroxyl groups is 4. The molecule has 3 aliphatic rings. The Labute approximate surface area is 318 Å². The number of nitrogens with zero attached hydrogens (tertiary/aromatic N) is 1. The molecule has 0 aromatic rings. The van der Waals surface area contributed by atoms with Crippen LogP contribution < -0.4 is 5.32 Å². The molecule has 14 nitrogen and oxygen atoms in total. The van der Waals surface area contributed by atoms with E-state index in [1.54, 1.807) is 48.6 Å². The molecule has 3 fully saturated rings. The molecule has 0 spiro atoms. The number of methoxy groups -OCH3 is 2. The van der Waals surface area contributed by atoms with Gasteiger partial charge in [0.05, 0.1) is 41.0 Å². The topological polar surface area (TPSA) is 178 Å². The molecule has 18 atom stereocenters. The minimum atomic E-state index is -1.56. The van der Waals surface area contributed by atoms with Gasteiger partial charge in [0.2, 0.25) is 0 Å². The number of likely N-dealkylation sites (N-methyl/N-ethyl adjacent to an activating group) is 2. The van der Waals surface area contributed by atoms with E-state index in [0.717, 1.165) is 0 Å². The van der Waals surface area contributed by atoms with Crippen LogP contribution in [0.15, 0.2) is 0 Å². The van der Waals surface area contributed by atoms with Crippen LogP contribution in [-0.2, 0) is 38.0 Å². The molecule has 0 radical (unpaired) electrons. The summed E-state index contributed by atoms with van der Waals surface area (Å²) >= 11 is 0. The number of cyclic esters (lactones) is 1. The SMILES string of the molecule is CC[C@H]1OC(=O)[C@H](C)[C@@](C)(O[C@@H]2C[C@](C)(OC)[C@H](O)[C@@H](C)O2)[C@H](C)[C@@H](O[C@@H]2O[C@H](C)C[C@@H](NC)[C@H]2O)[C@](C)(O)C[C@@H](C)CN(C)[C@H](C)[C@@H](O)[C@]1(C)OC. The van der Waals surface area contributed by atoms with Gasteiger partial charge in [0.1, 0.15) is 30.0 Å². The molecule has 0 aromatic heterocycles. The van der Waals surface area contributed by atoms with Crippen molar-refractivity contribution >= 4 is 5.97 Å². The predicted octanol–water partition coefficient (Wildman–Crippen LogP) is 2.60. The smallest absolute Gasteiger partial charge is 0.311 e. The molecule has 0 bridgehead atoms. The quantitative estimate of drug-likeness (QED) is 0.228. The Morgan fingerprint density at radius 1 is 0.925 bits per heavy atom. The highest BCUT2D eigenvalue weighted by Crippen LogP contribution is 2.45. The van der Waals surface area contributed by atoms with E-state index >= 15 is 0 Å². The van der Waals surface area contributed by atoms with Crippen LogP contribution in [0.5, 0.6) is 0 Å². The summed E-state index contributed by atoms with van der Waals surface area (Å²) < 4.78 is 44.2. The van der Waals surface area contributed by atoms with E-state index in [1.165, 1.54) is 14.2 Å². The number of hydrogen-bond donors (Lipinski definition) is 5. The normalized spacial score (nSPS) is 50.2. The second-order valence-corrected chi connectivity index (χ2v) is 17.3. The zero-order valence-electron chi connectivity index (χ0n) is 35.1. The first-order valence-electron chi connectivity index (χ1n) is 19.5. The van der Waals surface area contributed by atoms with Gasteiger partial charge in [-0.15, -0.1) is 0 Å². The van der Waals surface area contributed by atoms with Crippen LogP contribution >= 0.6 is 0 Å². The molecule has 14 heteroatoms. The number of ether oxygens (including phenoxy) is 7. The predicted molar refractivity (Wildman–Crippen MR) is 199 cm³/mol. The number of hydrogen-bond acceptors (Lipinski definition) is 14. The molecule has 0 unspecified atom stereocenters. The molecule has 53 heavy (non-hydrogen) atoms. The van der Waals surface area contributed by atoms with Gasteiger partial charge < -0.3 is 63.8 Å². The lowest BCUT2D eigenvalue weighted by Crippen LogP contribution is -2.63. The van der Waals surface area contributed by atoms with E-state index in [1.807, 2.05) is 46.6 Å². The van der Waals surface area contributed by atoms with Crippen LogP contribution in [0.2, 0.25) is 0 Å². The lowest BCUT2D eigenvalue weighted by atomic mass is 9.71. The van der Waals surface area contributed by atoms with Crippen molar-refractivity contribution in [2.75, 3.05) is 34.9 Å². The van der Waals surface area contributed by atoms with E-state index in [9.17, 15) is 25.2 Å². The van der Waals surface area contributed by atoms with E-state index in [-0.39, 0.29) is 30.9 Å². The van der Waals surface area contributed by atoms with Crippen LogP contribution in [0, 0.1) is 17.8 Å². The van der Waals surface area contributed by atoms with Crippen molar-refractivity contribution in [1.82, 2.24) is 10.2 Å². The van der Waals surface area contributed by atoms with Gasteiger partial charge in [-0.2, -0.15) is 0 Å². The van der Waals surface area contributed by atoms with E-state index in [2.05, 4.69) is 5.32 Å². The summed E-state index contributed by atoms with van der Waals surface area (Å²) in [5, 5.41) is 50.0. The fourth-order valence-corrected chi connectivity index (χ4v) is 8.96. The monoisotopic (exact) mass is 763 g/mol. The molecule has 3 saturated heterocycles. The third-order valence-electron chi connectivity index (χ3n) is 13.1. The molecular weight excluding hydrogens is 688 g/mol. The summed E-state index contributed by atoms with van der Waals surface area (Å²) in [6.07, 6.45) is -6.62. The summed E-state index contributed by atoms with van der Waals surface area (Å²) in [7, 11) is 6.71. The van der Waals surface area contributed by atoms with Crippen LogP contribution in [0.4, 0.5) is 0 Å². The number of carbonyl (C=O) groups is 1. The Balaban J connectivity index is 2.24. The summed E-state index contributed by atoms with van der Waals surface area (Å²) in [4.78, 5) is 16.6. The van der Waals surface area contributed by atoms with Gasteiger partial charge in [-0.05, 0) is 94.7 Å². The highest BCUT2D eigenvalue weighted by molar-refractivity contribution is 5.74. The Hall–Kier alpha value is -1.01. The minimum absolute atomic E-state index is 0.112. The van der Waals surface area contributed by atoms with Gasteiger partial charge >= 0.3 is 5.97 Å². The molecule has 312 valence electrons. The first-order valence-corrected chi connectivity index (χ1v) is 19.5. The summed E-state index contributed by atoms with van der Waals surface area (Å²) in [6, 6.07) is -0.733. The standard InChI is InChI=1S/C39H74N2O12/c1-16-28-39(11,48-15)31(43)25(6)41(13)20-21(2)18-36(8,46)33(52-35-30(42)27(40-12)17-22(3)49-35)23(4)38(10,24(5)34(45)51-28)53-29-19-37(9,47-14)32(44)26(7)50-29/h21-33,35,40,42-44,46H,16-20H2,1-15H3/t21-,22-,23-,24+,25-,26-,27-,28-,29-,30-,31-,32-,33-,35+,36-,37+,38+,39-/m1/s1. The average molecular weight is 763 g/mol. The molecule has 3 aliphatic heterocycles.